The summed E-state index contributed by atoms with van der Waals surface area (Å²) >= 11 is 3.66. The Morgan fingerprint density at radius 3 is 2.04 bits per heavy atom. The third kappa shape index (κ3) is 7.57. The van der Waals surface area contributed by atoms with E-state index in [0.717, 1.165) is 66.5 Å². The van der Waals surface area contributed by atoms with Crippen molar-refractivity contribution in [2.24, 2.45) is 7.05 Å². The summed E-state index contributed by atoms with van der Waals surface area (Å²) in [6.07, 6.45) is 5.62. The summed E-state index contributed by atoms with van der Waals surface area (Å²) < 4.78 is 8.82. The van der Waals surface area contributed by atoms with Gasteiger partial charge in [-0.1, -0.05) is 24.3 Å². The van der Waals surface area contributed by atoms with Gasteiger partial charge in [0, 0.05) is 66.7 Å². The fourth-order valence-electron chi connectivity index (χ4n) is 6.95. The first kappa shape index (κ1) is 33.2. The van der Waals surface area contributed by atoms with Crippen LogP contribution in [0.3, 0.4) is 0 Å². The minimum Gasteiger partial charge on any atom is -0.444 e. The molecule has 8 nitrogen and oxygen atoms in total. The molecule has 2 aromatic carbocycles. The first-order valence-corrected chi connectivity index (χ1v) is 17.5. The molecule has 0 spiro atoms. The van der Waals surface area contributed by atoms with Crippen LogP contribution in [0.25, 0.3) is 11.0 Å². The van der Waals surface area contributed by atoms with Crippen molar-refractivity contribution in [2.45, 2.75) is 70.4 Å². The predicted octanol–water partition coefficient (Wildman–Crippen LogP) is 8.11. The van der Waals surface area contributed by atoms with E-state index in [0.29, 0.717) is 30.5 Å². The van der Waals surface area contributed by atoms with Crippen LogP contribution in [0.2, 0.25) is 0 Å². The summed E-state index contributed by atoms with van der Waals surface area (Å²) in [6.45, 7) is 10.1. The van der Waals surface area contributed by atoms with E-state index >= 15 is 0 Å². The Morgan fingerprint density at radius 1 is 0.894 bits per heavy atom. The number of halogens is 1. The van der Waals surface area contributed by atoms with Gasteiger partial charge >= 0.3 is 6.09 Å². The van der Waals surface area contributed by atoms with Crippen molar-refractivity contribution >= 4 is 44.7 Å². The van der Waals surface area contributed by atoms with Crippen LogP contribution in [-0.2, 0) is 18.3 Å². The quantitative estimate of drug-likeness (QED) is 0.203. The van der Waals surface area contributed by atoms with Gasteiger partial charge in [0.15, 0.2) is 0 Å². The molecule has 2 aromatic heterocycles. The number of aromatic nitrogens is 2. The minimum absolute atomic E-state index is 0.0131. The van der Waals surface area contributed by atoms with Crippen LogP contribution >= 0.6 is 15.9 Å². The molecular formula is C38H46BrN5O3. The highest BCUT2D eigenvalue weighted by Crippen LogP contribution is 2.32. The number of fused-ring (bicyclic) bond motifs is 1. The number of piperidine rings is 2. The normalized spacial score (nSPS) is 16.9. The van der Waals surface area contributed by atoms with Crippen molar-refractivity contribution < 1.29 is 14.3 Å². The standard InChI is InChI=1S/C38H46BrN5O3/c1-38(2,3)47-37(46)44-22-17-29(18-23-44)27-10-12-31(13-11-27)42(5)36(45)30-8-6-26(7-9-30)28-15-20-43(21-16-28)25-32-24-33-34(39)14-19-40-35(33)41(32)4/h6-14,19,24,28-29H,15-18,20-23,25H2,1-5H3. The molecule has 0 radical (unpaired) electrons. The number of hydrogen-bond acceptors (Lipinski definition) is 5. The van der Waals surface area contributed by atoms with Gasteiger partial charge in [-0.2, -0.15) is 0 Å². The molecule has 2 aliphatic heterocycles. The van der Waals surface area contributed by atoms with Crippen LogP contribution in [0, 0.1) is 0 Å². The van der Waals surface area contributed by atoms with Crippen LogP contribution < -0.4 is 4.90 Å². The van der Waals surface area contributed by atoms with Crippen LogP contribution in [0.1, 0.15) is 85.5 Å². The number of aryl methyl sites for hydroxylation is 1. The SMILES string of the molecule is CN(C(=O)c1ccc(C2CCN(Cc3cc4c(Br)ccnc4n3C)CC2)cc1)c1ccc(C2CCN(C(=O)OC(C)(C)C)CC2)cc1. The Labute approximate surface area is 286 Å². The van der Waals surface area contributed by atoms with Gasteiger partial charge < -0.3 is 19.1 Å². The predicted molar refractivity (Wildman–Crippen MR) is 191 cm³/mol. The van der Waals surface area contributed by atoms with E-state index in [1.165, 1.54) is 16.8 Å². The van der Waals surface area contributed by atoms with Crippen LogP contribution in [0.4, 0.5) is 10.5 Å². The maximum Gasteiger partial charge on any atom is 0.410 e. The summed E-state index contributed by atoms with van der Waals surface area (Å²) in [6, 6.07) is 20.8. The Bertz CT molecular complexity index is 1710. The second-order valence-corrected chi connectivity index (χ2v) is 14.9. The average molecular weight is 701 g/mol. The smallest absolute Gasteiger partial charge is 0.410 e. The average Bonchev–Trinajstić information content (AvgIpc) is 3.39. The van der Waals surface area contributed by atoms with Crippen LogP contribution in [0.5, 0.6) is 0 Å². The first-order valence-electron chi connectivity index (χ1n) is 16.7. The Kier molecular flexibility index (Phi) is 9.76. The van der Waals surface area contributed by atoms with Gasteiger partial charge in [0.2, 0.25) is 0 Å². The molecule has 9 heteroatoms. The third-order valence-electron chi connectivity index (χ3n) is 9.78. The second-order valence-electron chi connectivity index (χ2n) is 14.1. The van der Waals surface area contributed by atoms with Crippen molar-refractivity contribution in [3.63, 3.8) is 0 Å². The number of ether oxygens (including phenoxy) is 1. The Hall–Kier alpha value is -3.69. The molecule has 6 rings (SSSR count). The molecule has 0 atom stereocenters. The monoisotopic (exact) mass is 699 g/mol. The van der Waals surface area contributed by atoms with Crippen LogP contribution in [-0.4, -0.2) is 70.2 Å². The lowest BCUT2D eigenvalue weighted by atomic mass is 9.89. The van der Waals surface area contributed by atoms with Crippen molar-refractivity contribution in [3.8, 4) is 0 Å². The maximum atomic E-state index is 13.4. The molecule has 0 aliphatic carbocycles. The van der Waals surface area contributed by atoms with Gasteiger partial charge in [-0.05, 0) is 135 Å². The number of rotatable bonds is 6. The van der Waals surface area contributed by atoms with E-state index in [4.69, 9.17) is 4.74 Å². The number of carbonyl (C=O) groups excluding carboxylic acids is 2. The van der Waals surface area contributed by atoms with Gasteiger partial charge in [0.1, 0.15) is 11.2 Å². The molecule has 0 N–H and O–H groups in total. The highest BCUT2D eigenvalue weighted by atomic mass is 79.9. The number of anilines is 1. The van der Waals surface area contributed by atoms with Gasteiger partial charge in [0.05, 0.1) is 0 Å². The lowest BCUT2D eigenvalue weighted by molar-refractivity contribution is 0.0204. The third-order valence-corrected chi connectivity index (χ3v) is 10.5. The van der Waals surface area contributed by atoms with E-state index in [9.17, 15) is 9.59 Å². The van der Waals surface area contributed by atoms with E-state index in [1.54, 1.807) is 4.90 Å². The summed E-state index contributed by atoms with van der Waals surface area (Å²) in [5.41, 5.74) is 5.93. The van der Waals surface area contributed by atoms with Crippen LogP contribution in [0.15, 0.2) is 71.3 Å². The molecule has 4 aromatic rings. The molecule has 2 saturated heterocycles. The summed E-state index contributed by atoms with van der Waals surface area (Å²) in [4.78, 5) is 36.5. The zero-order chi connectivity index (χ0) is 33.3. The number of amides is 2. The summed E-state index contributed by atoms with van der Waals surface area (Å²) in [7, 11) is 3.94. The fourth-order valence-corrected chi connectivity index (χ4v) is 7.36. The fraction of sp³-hybridized carbons (Fsp3) is 0.447. The Balaban J connectivity index is 0.996. The van der Waals surface area contributed by atoms with E-state index in [2.05, 4.69) is 67.8 Å². The highest BCUT2D eigenvalue weighted by Gasteiger charge is 2.28. The maximum absolute atomic E-state index is 13.4. The van der Waals surface area contributed by atoms with Gasteiger partial charge in [-0.15, -0.1) is 0 Å². The molecule has 2 fully saturated rings. The van der Waals surface area contributed by atoms with E-state index < -0.39 is 5.60 Å². The van der Waals surface area contributed by atoms with Gasteiger partial charge in [-0.25, -0.2) is 9.78 Å². The molecule has 0 bridgehead atoms. The zero-order valence-corrected chi connectivity index (χ0v) is 29.8. The lowest BCUT2D eigenvalue weighted by Crippen LogP contribution is -2.41. The van der Waals surface area contributed by atoms with Crippen molar-refractivity contribution in [1.82, 2.24) is 19.4 Å². The number of carbonyl (C=O) groups is 2. The number of benzene rings is 2. The summed E-state index contributed by atoms with van der Waals surface area (Å²) in [5, 5.41) is 1.16. The number of pyridine rings is 1. The summed E-state index contributed by atoms with van der Waals surface area (Å²) in [5.74, 6) is 0.877. The van der Waals surface area contributed by atoms with Crippen molar-refractivity contribution in [2.75, 3.05) is 38.1 Å². The minimum atomic E-state index is -0.483. The molecule has 0 saturated carbocycles. The highest BCUT2D eigenvalue weighted by molar-refractivity contribution is 9.10. The zero-order valence-electron chi connectivity index (χ0n) is 28.2. The van der Waals surface area contributed by atoms with E-state index in [-0.39, 0.29) is 12.0 Å². The number of nitrogens with zero attached hydrogens (tertiary/aromatic N) is 5. The largest absolute Gasteiger partial charge is 0.444 e. The van der Waals surface area contributed by atoms with Gasteiger partial charge in [-0.3, -0.25) is 9.69 Å². The lowest BCUT2D eigenvalue weighted by Gasteiger charge is -2.33. The van der Waals surface area contributed by atoms with Crippen molar-refractivity contribution in [3.05, 3.63) is 93.7 Å². The molecule has 47 heavy (non-hydrogen) atoms. The topological polar surface area (TPSA) is 70.9 Å². The Morgan fingerprint density at radius 2 is 1.47 bits per heavy atom. The first-order chi connectivity index (χ1) is 22.5. The second kappa shape index (κ2) is 13.8. The van der Waals surface area contributed by atoms with E-state index in [1.807, 2.05) is 69.2 Å². The molecule has 2 amide bonds. The molecular weight excluding hydrogens is 654 g/mol. The van der Waals surface area contributed by atoms with Crippen molar-refractivity contribution in [1.29, 1.82) is 0 Å². The molecule has 2 aliphatic rings. The molecule has 4 heterocycles. The number of hydrogen-bond donors (Lipinski definition) is 0. The molecule has 0 unspecified atom stereocenters. The number of likely N-dealkylation sites (tertiary alicyclic amines) is 2. The van der Waals surface area contributed by atoms with Gasteiger partial charge in [0.25, 0.3) is 5.91 Å². The molecule has 248 valence electrons.